The van der Waals surface area contributed by atoms with Crippen LogP contribution in [0.5, 0.6) is 0 Å². The predicted octanol–water partition coefficient (Wildman–Crippen LogP) is 1.92. The Kier molecular flexibility index (Phi) is 2.42. The molecule has 0 bridgehead atoms. The van der Waals surface area contributed by atoms with Gasteiger partial charge in [0.1, 0.15) is 0 Å². The van der Waals surface area contributed by atoms with Crippen LogP contribution in [-0.4, -0.2) is 18.1 Å². The monoisotopic (exact) mass is 226 g/mol. The van der Waals surface area contributed by atoms with E-state index in [-0.39, 0.29) is 0 Å². The zero-order chi connectivity index (χ0) is 8.39. The number of hydrogen-bond acceptors (Lipinski definition) is 2. The van der Waals surface area contributed by atoms with Crippen LogP contribution in [0.15, 0.2) is 22.9 Å². The number of aromatic nitrogens is 1. The maximum absolute atomic E-state index is 4.15. The fourth-order valence-corrected chi connectivity index (χ4v) is 1.97. The summed E-state index contributed by atoms with van der Waals surface area (Å²) in [5.41, 5.74) is 1.34. The minimum Gasteiger partial charge on any atom is -0.316 e. The van der Waals surface area contributed by atoms with Gasteiger partial charge in [0, 0.05) is 23.4 Å². The van der Waals surface area contributed by atoms with E-state index in [1.807, 2.05) is 12.4 Å². The van der Waals surface area contributed by atoms with E-state index >= 15 is 0 Å². The number of hydrogen-bond donors (Lipinski definition) is 1. The first kappa shape index (κ1) is 8.20. The Labute approximate surface area is 80.5 Å². The highest BCUT2D eigenvalue weighted by atomic mass is 79.9. The van der Waals surface area contributed by atoms with Crippen molar-refractivity contribution >= 4 is 15.9 Å². The zero-order valence-corrected chi connectivity index (χ0v) is 8.34. The van der Waals surface area contributed by atoms with Gasteiger partial charge in [0.15, 0.2) is 0 Å². The predicted molar refractivity (Wildman–Crippen MR) is 52.2 cm³/mol. The lowest BCUT2D eigenvalue weighted by Gasteiger charge is -2.07. The second kappa shape index (κ2) is 3.54. The first-order chi connectivity index (χ1) is 5.86. The van der Waals surface area contributed by atoms with Gasteiger partial charge >= 0.3 is 0 Å². The molecule has 2 rings (SSSR count). The third-order valence-electron chi connectivity index (χ3n) is 2.26. The highest BCUT2D eigenvalue weighted by molar-refractivity contribution is 9.10. The highest BCUT2D eigenvalue weighted by Gasteiger charge is 2.16. The summed E-state index contributed by atoms with van der Waals surface area (Å²) >= 11 is 3.43. The van der Waals surface area contributed by atoms with Crippen molar-refractivity contribution in [1.82, 2.24) is 10.3 Å². The van der Waals surface area contributed by atoms with Gasteiger partial charge in [-0.15, -0.1) is 0 Å². The standard InChI is InChI=1S/C9H11BrN2/c10-9-3-8(5-12-6-9)7-1-2-11-4-7/h3,5-7,11H,1-2,4H2. The van der Waals surface area contributed by atoms with Crippen LogP contribution in [0.3, 0.4) is 0 Å². The summed E-state index contributed by atoms with van der Waals surface area (Å²) in [6.07, 6.45) is 5.02. The second-order valence-electron chi connectivity index (χ2n) is 3.13. The molecule has 1 unspecified atom stereocenters. The largest absolute Gasteiger partial charge is 0.316 e. The van der Waals surface area contributed by atoms with Gasteiger partial charge in [-0.05, 0) is 46.4 Å². The number of halogens is 1. The van der Waals surface area contributed by atoms with Crippen molar-refractivity contribution in [1.29, 1.82) is 0 Å². The number of nitrogens with zero attached hydrogens (tertiary/aromatic N) is 1. The first-order valence-electron chi connectivity index (χ1n) is 4.17. The maximum Gasteiger partial charge on any atom is 0.0410 e. The Bertz CT molecular complexity index is 269. The summed E-state index contributed by atoms with van der Waals surface area (Å²) in [5.74, 6) is 0.662. The number of rotatable bonds is 1. The van der Waals surface area contributed by atoms with E-state index in [1.54, 1.807) is 0 Å². The lowest BCUT2D eigenvalue weighted by molar-refractivity contribution is 0.758. The van der Waals surface area contributed by atoms with Crippen LogP contribution in [0.2, 0.25) is 0 Å². The van der Waals surface area contributed by atoms with Gasteiger partial charge in [0.2, 0.25) is 0 Å². The molecule has 0 saturated carbocycles. The molecule has 0 aliphatic carbocycles. The van der Waals surface area contributed by atoms with Crippen molar-refractivity contribution < 1.29 is 0 Å². The molecule has 64 valence electrons. The molecule has 2 heterocycles. The lowest BCUT2D eigenvalue weighted by Crippen LogP contribution is -2.08. The van der Waals surface area contributed by atoms with Crippen molar-refractivity contribution in [3.63, 3.8) is 0 Å². The molecule has 0 radical (unpaired) electrons. The number of pyridine rings is 1. The maximum atomic E-state index is 4.15. The Morgan fingerprint density at radius 1 is 1.50 bits per heavy atom. The molecule has 1 aromatic rings. The zero-order valence-electron chi connectivity index (χ0n) is 6.76. The van der Waals surface area contributed by atoms with Gasteiger partial charge in [-0.3, -0.25) is 4.98 Å². The third kappa shape index (κ3) is 1.67. The fraction of sp³-hybridized carbons (Fsp3) is 0.444. The quantitative estimate of drug-likeness (QED) is 0.792. The van der Waals surface area contributed by atoms with Crippen molar-refractivity contribution in [2.45, 2.75) is 12.3 Å². The summed E-state index contributed by atoms with van der Waals surface area (Å²) in [7, 11) is 0. The van der Waals surface area contributed by atoms with E-state index < -0.39 is 0 Å². The Morgan fingerprint density at radius 3 is 3.08 bits per heavy atom. The normalized spacial score (nSPS) is 22.9. The summed E-state index contributed by atoms with van der Waals surface area (Å²) < 4.78 is 1.08. The minimum atomic E-state index is 0.662. The highest BCUT2D eigenvalue weighted by Crippen LogP contribution is 2.23. The smallest absolute Gasteiger partial charge is 0.0410 e. The molecule has 0 amide bonds. The lowest BCUT2D eigenvalue weighted by atomic mass is 10.0. The molecule has 1 N–H and O–H groups in total. The molecule has 12 heavy (non-hydrogen) atoms. The Balaban J connectivity index is 2.21. The van der Waals surface area contributed by atoms with Crippen molar-refractivity contribution in [3.8, 4) is 0 Å². The molecule has 2 nitrogen and oxygen atoms in total. The second-order valence-corrected chi connectivity index (χ2v) is 4.04. The van der Waals surface area contributed by atoms with E-state index in [0.717, 1.165) is 17.6 Å². The van der Waals surface area contributed by atoms with Crippen LogP contribution in [0, 0.1) is 0 Å². The molecule has 1 aromatic heterocycles. The summed E-state index contributed by atoms with van der Waals surface area (Å²) in [6.45, 7) is 2.23. The van der Waals surface area contributed by atoms with Gasteiger partial charge in [0.05, 0.1) is 0 Å². The fourth-order valence-electron chi connectivity index (χ4n) is 1.59. The Hall–Kier alpha value is -0.410. The third-order valence-corrected chi connectivity index (χ3v) is 2.69. The molecule has 3 heteroatoms. The summed E-state index contributed by atoms with van der Waals surface area (Å²) in [4.78, 5) is 4.15. The molecular formula is C9H11BrN2. The van der Waals surface area contributed by atoms with Gasteiger partial charge in [0.25, 0.3) is 0 Å². The van der Waals surface area contributed by atoms with Crippen LogP contribution in [0.25, 0.3) is 0 Å². The van der Waals surface area contributed by atoms with E-state index in [2.05, 4.69) is 32.3 Å². The van der Waals surface area contributed by atoms with Crippen molar-refractivity contribution in [2.75, 3.05) is 13.1 Å². The Morgan fingerprint density at radius 2 is 2.42 bits per heavy atom. The van der Waals surface area contributed by atoms with Crippen LogP contribution < -0.4 is 5.32 Å². The summed E-state index contributed by atoms with van der Waals surface area (Å²) in [6, 6.07) is 2.16. The van der Waals surface area contributed by atoms with Gasteiger partial charge < -0.3 is 5.32 Å². The molecule has 1 aliphatic rings. The SMILES string of the molecule is Brc1cncc(C2CCNC2)c1. The molecule has 0 spiro atoms. The average molecular weight is 227 g/mol. The average Bonchev–Trinajstić information content (AvgIpc) is 2.56. The molecule has 0 aromatic carbocycles. The van der Waals surface area contributed by atoms with Crippen LogP contribution in [-0.2, 0) is 0 Å². The number of nitrogens with one attached hydrogen (secondary N) is 1. The molecule has 1 atom stereocenters. The van der Waals surface area contributed by atoms with Gasteiger partial charge in [-0.1, -0.05) is 0 Å². The molecular weight excluding hydrogens is 216 g/mol. The van der Waals surface area contributed by atoms with E-state index in [9.17, 15) is 0 Å². The van der Waals surface area contributed by atoms with Crippen molar-refractivity contribution in [3.05, 3.63) is 28.5 Å². The van der Waals surface area contributed by atoms with E-state index in [1.165, 1.54) is 12.0 Å². The van der Waals surface area contributed by atoms with E-state index in [0.29, 0.717) is 5.92 Å². The van der Waals surface area contributed by atoms with Crippen molar-refractivity contribution in [2.24, 2.45) is 0 Å². The first-order valence-corrected chi connectivity index (χ1v) is 4.97. The van der Waals surface area contributed by atoms with Crippen LogP contribution >= 0.6 is 15.9 Å². The molecule has 1 fully saturated rings. The van der Waals surface area contributed by atoms with E-state index in [4.69, 9.17) is 0 Å². The van der Waals surface area contributed by atoms with Gasteiger partial charge in [-0.2, -0.15) is 0 Å². The van der Waals surface area contributed by atoms with Gasteiger partial charge in [-0.25, -0.2) is 0 Å². The minimum absolute atomic E-state index is 0.662. The molecule has 1 saturated heterocycles. The van der Waals surface area contributed by atoms with Crippen LogP contribution in [0.4, 0.5) is 0 Å². The summed E-state index contributed by atoms with van der Waals surface area (Å²) in [5, 5.41) is 3.35. The van der Waals surface area contributed by atoms with Crippen LogP contribution in [0.1, 0.15) is 17.9 Å². The topological polar surface area (TPSA) is 24.9 Å². The molecule has 1 aliphatic heterocycles.